The lowest BCUT2D eigenvalue weighted by atomic mass is 10.0. The van der Waals surface area contributed by atoms with Crippen LogP contribution in [0.1, 0.15) is 43.0 Å². The number of ether oxygens (including phenoxy) is 1. The zero-order valence-electron chi connectivity index (χ0n) is 18.3. The summed E-state index contributed by atoms with van der Waals surface area (Å²) < 4.78 is 5.73. The van der Waals surface area contributed by atoms with Crippen molar-refractivity contribution < 1.29 is 14.6 Å². The van der Waals surface area contributed by atoms with Crippen molar-refractivity contribution in [3.05, 3.63) is 59.3 Å². The predicted octanol–water partition coefficient (Wildman–Crippen LogP) is 5.14. The number of carboxylic acid groups (broad SMARTS) is 1. The Morgan fingerprint density at radius 3 is 2.91 bits per heavy atom. The van der Waals surface area contributed by atoms with Gasteiger partial charge in [0, 0.05) is 17.8 Å². The van der Waals surface area contributed by atoms with Gasteiger partial charge in [-0.2, -0.15) is 5.26 Å². The molecule has 0 saturated heterocycles. The molecule has 6 nitrogen and oxygen atoms in total. The third-order valence-corrected chi connectivity index (χ3v) is 6.72. The third kappa shape index (κ3) is 4.38. The molecule has 0 radical (unpaired) electrons. The van der Waals surface area contributed by atoms with Gasteiger partial charge in [0.1, 0.15) is 16.8 Å². The van der Waals surface area contributed by atoms with Gasteiger partial charge in [-0.1, -0.05) is 18.2 Å². The first-order valence-electron chi connectivity index (χ1n) is 10.6. The molecule has 0 fully saturated rings. The standard InChI is InChI=1S/C25H25N3O3S/c1-15(2)31-22-10-7-16(11-17(22)12-26)25-27-13-23(32-25)20-6-4-5-19-18(20)8-9-21(19)28(3)14-24(29)30/h4-7,10-11,13,15,21H,8-9,14H2,1-3H3,(H,29,30). The van der Waals surface area contributed by atoms with Crippen molar-refractivity contribution in [1.82, 2.24) is 9.88 Å². The third-order valence-electron chi connectivity index (χ3n) is 5.64. The monoisotopic (exact) mass is 447 g/mol. The van der Waals surface area contributed by atoms with Crippen LogP contribution in [-0.2, 0) is 11.2 Å². The first-order chi connectivity index (χ1) is 15.4. The fraction of sp³-hybridized carbons (Fsp3) is 0.320. The molecule has 7 heteroatoms. The zero-order chi connectivity index (χ0) is 22.8. The Morgan fingerprint density at radius 1 is 1.38 bits per heavy atom. The van der Waals surface area contributed by atoms with E-state index in [0.717, 1.165) is 33.9 Å². The van der Waals surface area contributed by atoms with Crippen LogP contribution in [0, 0.1) is 11.3 Å². The highest BCUT2D eigenvalue weighted by Gasteiger charge is 2.29. The number of carbonyl (C=O) groups is 1. The van der Waals surface area contributed by atoms with Crippen LogP contribution in [0.3, 0.4) is 0 Å². The van der Waals surface area contributed by atoms with Crippen LogP contribution >= 0.6 is 11.3 Å². The second-order valence-electron chi connectivity index (χ2n) is 8.26. The number of rotatable bonds is 7. The largest absolute Gasteiger partial charge is 0.490 e. The molecule has 1 aliphatic rings. The van der Waals surface area contributed by atoms with Crippen molar-refractivity contribution in [2.24, 2.45) is 0 Å². The molecule has 1 N–H and O–H groups in total. The average Bonchev–Trinajstić information content (AvgIpc) is 3.40. The van der Waals surface area contributed by atoms with Gasteiger partial charge in [0.25, 0.3) is 0 Å². The SMILES string of the molecule is CC(C)Oc1ccc(-c2ncc(-c3cccc4c3CCC4N(C)CC(=O)O)s2)cc1C#N. The summed E-state index contributed by atoms with van der Waals surface area (Å²) in [6, 6.07) is 14.2. The van der Waals surface area contributed by atoms with Crippen LogP contribution < -0.4 is 4.74 Å². The highest BCUT2D eigenvalue weighted by atomic mass is 32.1. The summed E-state index contributed by atoms with van der Waals surface area (Å²) in [7, 11) is 1.87. The van der Waals surface area contributed by atoms with E-state index in [4.69, 9.17) is 9.84 Å². The fourth-order valence-corrected chi connectivity index (χ4v) is 5.25. The highest BCUT2D eigenvalue weighted by Crippen LogP contribution is 2.42. The molecule has 0 saturated carbocycles. The number of nitrogens with zero attached hydrogens (tertiary/aromatic N) is 3. The van der Waals surface area contributed by atoms with Gasteiger partial charge in [-0.05, 0) is 68.6 Å². The number of fused-ring (bicyclic) bond motifs is 1. The Labute approximate surface area is 191 Å². The number of carboxylic acids is 1. The lowest BCUT2D eigenvalue weighted by molar-refractivity contribution is -0.138. The summed E-state index contributed by atoms with van der Waals surface area (Å²) in [4.78, 5) is 18.7. The van der Waals surface area contributed by atoms with Gasteiger partial charge < -0.3 is 9.84 Å². The van der Waals surface area contributed by atoms with E-state index in [9.17, 15) is 10.1 Å². The Bertz CT molecular complexity index is 1200. The van der Waals surface area contributed by atoms with Crippen LogP contribution in [0.15, 0.2) is 42.6 Å². The van der Waals surface area contributed by atoms with Crippen molar-refractivity contribution in [2.45, 2.75) is 38.8 Å². The molecule has 1 aliphatic carbocycles. The topological polar surface area (TPSA) is 86.4 Å². The number of likely N-dealkylation sites (N-methyl/N-ethyl adjacent to an activating group) is 1. The zero-order valence-corrected chi connectivity index (χ0v) is 19.1. The Kier molecular flexibility index (Phi) is 6.26. The molecule has 0 amide bonds. The Morgan fingerprint density at radius 2 is 2.19 bits per heavy atom. The lowest BCUT2D eigenvalue weighted by Crippen LogP contribution is -2.28. The summed E-state index contributed by atoms with van der Waals surface area (Å²) in [6.45, 7) is 3.89. The maximum atomic E-state index is 11.1. The van der Waals surface area contributed by atoms with E-state index in [-0.39, 0.29) is 18.7 Å². The van der Waals surface area contributed by atoms with Crippen LogP contribution in [-0.4, -0.2) is 40.7 Å². The number of thiazole rings is 1. The number of nitriles is 1. The molecule has 164 valence electrons. The van der Waals surface area contributed by atoms with Gasteiger partial charge in [-0.25, -0.2) is 4.98 Å². The van der Waals surface area contributed by atoms with E-state index in [2.05, 4.69) is 23.2 Å². The summed E-state index contributed by atoms with van der Waals surface area (Å²) in [5.74, 6) is -0.230. The van der Waals surface area contributed by atoms with Crippen LogP contribution in [0.5, 0.6) is 5.75 Å². The Balaban J connectivity index is 1.64. The van der Waals surface area contributed by atoms with Crippen molar-refractivity contribution in [3.63, 3.8) is 0 Å². The van der Waals surface area contributed by atoms with Crippen LogP contribution in [0.4, 0.5) is 0 Å². The molecule has 32 heavy (non-hydrogen) atoms. The quantitative estimate of drug-likeness (QED) is 0.540. The van der Waals surface area contributed by atoms with E-state index < -0.39 is 5.97 Å². The molecule has 1 aromatic heterocycles. The molecule has 0 bridgehead atoms. The predicted molar refractivity (Wildman–Crippen MR) is 125 cm³/mol. The smallest absolute Gasteiger partial charge is 0.317 e. The second-order valence-corrected chi connectivity index (χ2v) is 9.29. The Hall–Kier alpha value is -3.21. The van der Waals surface area contributed by atoms with Crippen molar-refractivity contribution in [1.29, 1.82) is 5.26 Å². The van der Waals surface area contributed by atoms with Gasteiger partial charge in [0.15, 0.2) is 0 Å². The summed E-state index contributed by atoms with van der Waals surface area (Å²) >= 11 is 1.60. The lowest BCUT2D eigenvalue weighted by Gasteiger charge is -2.23. The molecule has 4 rings (SSSR count). The number of aromatic nitrogens is 1. The van der Waals surface area contributed by atoms with E-state index in [1.54, 1.807) is 11.3 Å². The molecule has 0 spiro atoms. The van der Waals surface area contributed by atoms with Gasteiger partial charge in [-0.15, -0.1) is 11.3 Å². The van der Waals surface area contributed by atoms with E-state index in [1.807, 2.05) is 56.3 Å². The fourth-order valence-electron chi connectivity index (χ4n) is 4.28. The van der Waals surface area contributed by atoms with Gasteiger partial charge in [0.05, 0.1) is 23.1 Å². The summed E-state index contributed by atoms with van der Waals surface area (Å²) in [5, 5.41) is 19.5. The molecule has 1 atom stereocenters. The van der Waals surface area contributed by atoms with E-state index in [0.29, 0.717) is 11.3 Å². The second kappa shape index (κ2) is 9.11. The first kappa shape index (κ1) is 22.0. The maximum absolute atomic E-state index is 11.1. The molecule has 1 heterocycles. The van der Waals surface area contributed by atoms with Gasteiger partial charge >= 0.3 is 5.97 Å². The van der Waals surface area contributed by atoms with Gasteiger partial charge in [0.2, 0.25) is 0 Å². The minimum absolute atomic E-state index is 0.00189. The van der Waals surface area contributed by atoms with E-state index >= 15 is 0 Å². The minimum atomic E-state index is -0.814. The number of benzene rings is 2. The van der Waals surface area contributed by atoms with Crippen LogP contribution in [0.25, 0.3) is 21.0 Å². The summed E-state index contributed by atoms with van der Waals surface area (Å²) in [6.07, 6.45) is 3.70. The molecular formula is C25H25N3O3S. The average molecular weight is 448 g/mol. The summed E-state index contributed by atoms with van der Waals surface area (Å²) in [5.41, 5.74) is 5.00. The molecule has 2 aromatic carbocycles. The molecule has 3 aromatic rings. The van der Waals surface area contributed by atoms with Crippen molar-refractivity contribution >= 4 is 17.3 Å². The van der Waals surface area contributed by atoms with Crippen molar-refractivity contribution in [2.75, 3.05) is 13.6 Å². The van der Waals surface area contributed by atoms with Gasteiger partial charge in [-0.3, -0.25) is 9.69 Å². The molecular weight excluding hydrogens is 422 g/mol. The number of aliphatic carboxylic acids is 1. The molecule has 0 aliphatic heterocycles. The van der Waals surface area contributed by atoms with Crippen LogP contribution in [0.2, 0.25) is 0 Å². The number of hydrogen-bond acceptors (Lipinski definition) is 6. The molecule has 1 unspecified atom stereocenters. The van der Waals surface area contributed by atoms with Crippen molar-refractivity contribution in [3.8, 4) is 32.8 Å². The highest BCUT2D eigenvalue weighted by molar-refractivity contribution is 7.18. The normalized spacial score (nSPS) is 15.1. The number of hydrogen-bond donors (Lipinski definition) is 1. The minimum Gasteiger partial charge on any atom is -0.490 e. The maximum Gasteiger partial charge on any atom is 0.317 e. The first-order valence-corrected chi connectivity index (χ1v) is 11.4. The van der Waals surface area contributed by atoms with E-state index in [1.165, 1.54) is 11.1 Å².